The number of ether oxygens (including phenoxy) is 1. The minimum Gasteiger partial charge on any atom is -0.478 e. The van der Waals surface area contributed by atoms with Crippen LogP contribution in [-0.2, 0) is 9.53 Å². The van der Waals surface area contributed by atoms with Gasteiger partial charge in [-0.15, -0.1) is 0 Å². The number of amides is 2. The third-order valence-electron chi connectivity index (χ3n) is 4.19. The molecule has 0 radical (unpaired) electrons. The number of benzene rings is 1. The van der Waals surface area contributed by atoms with Gasteiger partial charge >= 0.3 is 12.1 Å². The summed E-state index contributed by atoms with van der Waals surface area (Å²) in [6.07, 6.45) is -0.329. The van der Waals surface area contributed by atoms with E-state index < -0.39 is 5.97 Å². The molecule has 8 heteroatoms. The molecule has 26 heavy (non-hydrogen) atoms. The maximum absolute atomic E-state index is 11.9. The summed E-state index contributed by atoms with van der Waals surface area (Å²) in [5.74, 6) is -1.58. The molecule has 0 atom stereocenters. The van der Waals surface area contributed by atoms with E-state index in [9.17, 15) is 19.5 Å². The Labute approximate surface area is 152 Å². The number of rotatable bonds is 5. The number of nitrogens with zero attached hydrogens (tertiary/aromatic N) is 2. The van der Waals surface area contributed by atoms with Crippen LogP contribution in [0.1, 0.15) is 31.1 Å². The summed E-state index contributed by atoms with van der Waals surface area (Å²) in [7, 11) is 0. The Bertz CT molecular complexity index is 681. The Hall–Kier alpha value is -2.77. The first-order valence-corrected chi connectivity index (χ1v) is 8.68. The Morgan fingerprint density at radius 3 is 2.38 bits per heavy atom. The van der Waals surface area contributed by atoms with Crippen LogP contribution in [0, 0.1) is 5.92 Å². The summed E-state index contributed by atoms with van der Waals surface area (Å²) in [6, 6.07) is 4.94. The first-order chi connectivity index (χ1) is 12.3. The van der Waals surface area contributed by atoms with Crippen molar-refractivity contribution in [1.82, 2.24) is 4.90 Å². The molecule has 0 saturated carbocycles. The number of carboxylic acids is 1. The standard InChI is InChI=1S/C18H25N3O5/c1-4-26-18(25)21-9-7-20(8-10-21)13-5-6-15(14(11-13)17(23)24)19-16(22)12(2)3/h5-6,11-12H,4,7-10H2,1-3H3,(H,19,22)(H,23,24). The first-order valence-electron chi connectivity index (χ1n) is 8.68. The van der Waals surface area contributed by atoms with Crippen LogP contribution in [0.25, 0.3) is 0 Å². The summed E-state index contributed by atoms with van der Waals surface area (Å²) >= 11 is 0. The number of carboxylic acid groups (broad SMARTS) is 1. The summed E-state index contributed by atoms with van der Waals surface area (Å²) < 4.78 is 5.00. The molecule has 142 valence electrons. The van der Waals surface area contributed by atoms with Crippen LogP contribution in [0.4, 0.5) is 16.2 Å². The molecule has 2 amide bonds. The van der Waals surface area contributed by atoms with Gasteiger partial charge in [-0.25, -0.2) is 9.59 Å². The lowest BCUT2D eigenvalue weighted by atomic mass is 10.1. The number of nitrogens with one attached hydrogen (secondary N) is 1. The fraction of sp³-hybridized carbons (Fsp3) is 0.500. The van der Waals surface area contributed by atoms with E-state index in [0.29, 0.717) is 32.8 Å². The monoisotopic (exact) mass is 363 g/mol. The number of hydrogen-bond donors (Lipinski definition) is 2. The van der Waals surface area contributed by atoms with Crippen LogP contribution in [0.2, 0.25) is 0 Å². The lowest BCUT2D eigenvalue weighted by Crippen LogP contribution is -2.49. The van der Waals surface area contributed by atoms with Crippen molar-refractivity contribution in [2.45, 2.75) is 20.8 Å². The molecular weight excluding hydrogens is 338 g/mol. The van der Waals surface area contributed by atoms with Crippen LogP contribution in [0.15, 0.2) is 18.2 Å². The Morgan fingerprint density at radius 1 is 1.19 bits per heavy atom. The van der Waals surface area contributed by atoms with Gasteiger partial charge in [0, 0.05) is 37.8 Å². The van der Waals surface area contributed by atoms with Crippen LogP contribution >= 0.6 is 0 Å². The predicted octanol–water partition coefficient (Wildman–Crippen LogP) is 2.26. The zero-order valence-electron chi connectivity index (χ0n) is 15.3. The zero-order valence-corrected chi connectivity index (χ0v) is 15.3. The second-order valence-electron chi connectivity index (χ2n) is 6.35. The molecule has 1 aliphatic rings. The van der Waals surface area contributed by atoms with Gasteiger partial charge in [0.25, 0.3) is 0 Å². The minimum absolute atomic E-state index is 0.0457. The number of carbonyl (C=O) groups is 3. The van der Waals surface area contributed by atoms with Gasteiger partial charge in [0.05, 0.1) is 17.9 Å². The van der Waals surface area contributed by atoms with Crippen molar-refractivity contribution in [2.75, 3.05) is 43.0 Å². The largest absolute Gasteiger partial charge is 0.478 e. The fourth-order valence-electron chi connectivity index (χ4n) is 2.65. The van der Waals surface area contributed by atoms with Crippen LogP contribution in [0.5, 0.6) is 0 Å². The van der Waals surface area contributed by atoms with E-state index in [4.69, 9.17) is 4.74 Å². The summed E-state index contributed by atoms with van der Waals surface area (Å²) in [6.45, 7) is 7.76. The summed E-state index contributed by atoms with van der Waals surface area (Å²) in [5.41, 5.74) is 1.07. The highest BCUT2D eigenvalue weighted by molar-refractivity contribution is 6.01. The average molecular weight is 363 g/mol. The van der Waals surface area contributed by atoms with Gasteiger partial charge in [0.1, 0.15) is 0 Å². The van der Waals surface area contributed by atoms with Crippen molar-refractivity contribution in [3.63, 3.8) is 0 Å². The normalized spacial score (nSPS) is 14.3. The van der Waals surface area contributed by atoms with Gasteiger partial charge in [-0.05, 0) is 25.1 Å². The van der Waals surface area contributed by atoms with Gasteiger partial charge in [-0.2, -0.15) is 0 Å². The molecule has 1 fully saturated rings. The molecule has 0 aromatic heterocycles. The summed E-state index contributed by atoms with van der Waals surface area (Å²) in [4.78, 5) is 38.8. The van der Waals surface area contributed by atoms with E-state index in [-0.39, 0.29) is 29.2 Å². The SMILES string of the molecule is CCOC(=O)N1CCN(c2ccc(NC(=O)C(C)C)c(C(=O)O)c2)CC1. The van der Waals surface area contributed by atoms with E-state index in [2.05, 4.69) is 5.32 Å². The molecule has 0 spiro atoms. The van der Waals surface area contributed by atoms with E-state index in [0.717, 1.165) is 5.69 Å². The highest BCUT2D eigenvalue weighted by atomic mass is 16.6. The van der Waals surface area contributed by atoms with Gasteiger partial charge in [-0.1, -0.05) is 13.8 Å². The second kappa shape index (κ2) is 8.55. The number of carbonyl (C=O) groups excluding carboxylic acids is 2. The maximum atomic E-state index is 11.9. The molecule has 2 rings (SSSR count). The van der Waals surface area contributed by atoms with Crippen molar-refractivity contribution < 1.29 is 24.2 Å². The molecule has 0 aliphatic carbocycles. The molecule has 1 aromatic carbocycles. The topological polar surface area (TPSA) is 99.2 Å². The predicted molar refractivity (Wildman–Crippen MR) is 97.7 cm³/mol. The number of aromatic carboxylic acids is 1. The molecule has 1 heterocycles. The fourth-order valence-corrected chi connectivity index (χ4v) is 2.65. The van der Waals surface area contributed by atoms with Gasteiger partial charge < -0.3 is 25.0 Å². The van der Waals surface area contributed by atoms with Crippen molar-refractivity contribution >= 4 is 29.3 Å². The minimum atomic E-state index is -1.10. The number of piperazine rings is 1. The van der Waals surface area contributed by atoms with Crippen LogP contribution in [-0.4, -0.2) is 60.8 Å². The zero-order chi connectivity index (χ0) is 19.3. The average Bonchev–Trinajstić information content (AvgIpc) is 2.62. The lowest BCUT2D eigenvalue weighted by Gasteiger charge is -2.35. The van der Waals surface area contributed by atoms with E-state index in [1.807, 2.05) is 4.90 Å². The number of hydrogen-bond acceptors (Lipinski definition) is 5. The van der Waals surface area contributed by atoms with Crippen molar-refractivity contribution in [1.29, 1.82) is 0 Å². The smallest absolute Gasteiger partial charge is 0.409 e. The van der Waals surface area contributed by atoms with E-state index in [1.54, 1.807) is 43.9 Å². The Morgan fingerprint density at radius 2 is 1.85 bits per heavy atom. The Kier molecular flexibility index (Phi) is 6.43. The van der Waals surface area contributed by atoms with Crippen molar-refractivity contribution in [3.8, 4) is 0 Å². The van der Waals surface area contributed by atoms with E-state index in [1.165, 1.54) is 0 Å². The lowest BCUT2D eigenvalue weighted by molar-refractivity contribution is -0.118. The molecule has 1 aliphatic heterocycles. The maximum Gasteiger partial charge on any atom is 0.409 e. The second-order valence-corrected chi connectivity index (χ2v) is 6.35. The van der Waals surface area contributed by atoms with E-state index >= 15 is 0 Å². The third kappa shape index (κ3) is 4.65. The third-order valence-corrected chi connectivity index (χ3v) is 4.19. The van der Waals surface area contributed by atoms with Crippen molar-refractivity contribution in [3.05, 3.63) is 23.8 Å². The summed E-state index contributed by atoms with van der Waals surface area (Å²) in [5, 5.41) is 12.1. The molecule has 1 saturated heterocycles. The molecular formula is C18H25N3O5. The highest BCUT2D eigenvalue weighted by Gasteiger charge is 2.23. The van der Waals surface area contributed by atoms with Crippen LogP contribution < -0.4 is 10.2 Å². The highest BCUT2D eigenvalue weighted by Crippen LogP contribution is 2.25. The molecule has 0 unspecified atom stereocenters. The quantitative estimate of drug-likeness (QED) is 0.832. The van der Waals surface area contributed by atoms with Gasteiger partial charge in [0.15, 0.2) is 0 Å². The number of anilines is 2. The van der Waals surface area contributed by atoms with Crippen LogP contribution in [0.3, 0.4) is 0 Å². The molecule has 2 N–H and O–H groups in total. The Balaban J connectivity index is 2.11. The molecule has 0 bridgehead atoms. The molecule has 8 nitrogen and oxygen atoms in total. The van der Waals surface area contributed by atoms with Crippen molar-refractivity contribution in [2.24, 2.45) is 5.92 Å². The molecule has 1 aromatic rings. The van der Waals surface area contributed by atoms with Gasteiger partial charge in [0.2, 0.25) is 5.91 Å². The van der Waals surface area contributed by atoms with Gasteiger partial charge in [-0.3, -0.25) is 4.79 Å². The first kappa shape index (κ1) is 19.6.